The number of hydrogen-bond acceptors (Lipinski definition) is 2. The van der Waals surface area contributed by atoms with E-state index in [0.717, 1.165) is 16.4 Å². The molecule has 0 fully saturated rings. The van der Waals surface area contributed by atoms with Crippen LogP contribution in [0.25, 0.3) is 0 Å². The first-order valence-corrected chi connectivity index (χ1v) is 4.61. The topological polar surface area (TPSA) is 21.3 Å². The van der Waals surface area contributed by atoms with Crippen LogP contribution in [0.2, 0.25) is 0 Å². The molecule has 1 N–H and O–H groups in total. The van der Waals surface area contributed by atoms with Gasteiger partial charge in [0.05, 0.1) is 5.69 Å². The summed E-state index contributed by atoms with van der Waals surface area (Å²) >= 11 is 5.04. The zero-order valence-corrected chi connectivity index (χ0v) is 8.49. The molecule has 0 radical (unpaired) electrons. The van der Waals surface area contributed by atoms with Crippen LogP contribution in [0.4, 0.5) is 5.69 Å². The number of benzene rings is 1. The molecule has 1 aliphatic rings. The first-order chi connectivity index (χ1) is 6.16. The lowest BCUT2D eigenvalue weighted by atomic mass is 10.1. The quantitative estimate of drug-likeness (QED) is 0.639. The summed E-state index contributed by atoms with van der Waals surface area (Å²) < 4.78 is 5.49. The normalized spacial score (nSPS) is 14.5. The summed E-state index contributed by atoms with van der Waals surface area (Å²) in [5.74, 6) is 0.908. The van der Waals surface area contributed by atoms with Gasteiger partial charge < -0.3 is 10.1 Å². The van der Waals surface area contributed by atoms with Gasteiger partial charge in [0.1, 0.15) is 17.3 Å². The number of thiocarbonyl (C=S) groups is 1. The van der Waals surface area contributed by atoms with E-state index in [1.54, 1.807) is 0 Å². The molecule has 2 nitrogen and oxygen atoms in total. The van der Waals surface area contributed by atoms with E-state index in [0.29, 0.717) is 6.61 Å². The minimum atomic E-state index is 0.491. The van der Waals surface area contributed by atoms with Crippen molar-refractivity contribution >= 4 is 22.9 Å². The van der Waals surface area contributed by atoms with Gasteiger partial charge in [0.15, 0.2) is 0 Å². The standard InChI is InChI=1S/C10H11NOS/c1-6-3-7(2)10-8(4-6)12-5-9(13)11-10/h3-4H,5H2,1-2H3,(H,11,13). The Morgan fingerprint density at radius 1 is 1.38 bits per heavy atom. The van der Waals surface area contributed by atoms with E-state index in [1.165, 1.54) is 11.1 Å². The van der Waals surface area contributed by atoms with Crippen molar-refractivity contribution in [2.24, 2.45) is 0 Å². The van der Waals surface area contributed by atoms with Crippen molar-refractivity contribution in [2.75, 3.05) is 11.9 Å². The van der Waals surface area contributed by atoms with Crippen molar-refractivity contribution < 1.29 is 4.74 Å². The first kappa shape index (κ1) is 8.51. The number of ether oxygens (including phenoxy) is 1. The van der Waals surface area contributed by atoms with Crippen LogP contribution in [0.15, 0.2) is 12.1 Å². The molecule has 0 unspecified atom stereocenters. The van der Waals surface area contributed by atoms with Crippen molar-refractivity contribution in [1.29, 1.82) is 0 Å². The lowest BCUT2D eigenvalue weighted by Crippen LogP contribution is -2.24. The molecule has 1 aromatic carbocycles. The SMILES string of the molecule is Cc1cc(C)c2c(c1)OCC(=S)N2. The van der Waals surface area contributed by atoms with Gasteiger partial charge in [-0.15, -0.1) is 0 Å². The van der Waals surface area contributed by atoms with E-state index < -0.39 is 0 Å². The summed E-state index contributed by atoms with van der Waals surface area (Å²) in [6.45, 7) is 4.60. The molecule has 1 heterocycles. The largest absolute Gasteiger partial charge is 0.484 e. The Labute approximate surface area is 82.9 Å². The molecule has 0 aliphatic carbocycles. The Morgan fingerprint density at radius 3 is 2.92 bits per heavy atom. The molecule has 0 amide bonds. The molecule has 0 aromatic heterocycles. The van der Waals surface area contributed by atoms with Gasteiger partial charge in [-0.05, 0) is 31.0 Å². The van der Waals surface area contributed by atoms with Gasteiger partial charge in [-0.2, -0.15) is 0 Å². The second-order valence-corrected chi connectivity index (χ2v) is 3.78. The Hall–Kier alpha value is -1.09. The molecular weight excluding hydrogens is 182 g/mol. The Balaban J connectivity index is 2.53. The number of aryl methyl sites for hydroxylation is 2. The summed E-state index contributed by atoms with van der Waals surface area (Å²) in [7, 11) is 0. The van der Waals surface area contributed by atoms with Crippen LogP contribution in [0, 0.1) is 13.8 Å². The lowest BCUT2D eigenvalue weighted by Gasteiger charge is -2.22. The van der Waals surface area contributed by atoms with Crippen molar-refractivity contribution in [3.05, 3.63) is 23.3 Å². The average Bonchev–Trinajstić information content (AvgIpc) is 2.06. The smallest absolute Gasteiger partial charge is 0.143 e. The van der Waals surface area contributed by atoms with Crippen LogP contribution >= 0.6 is 12.2 Å². The fourth-order valence-electron chi connectivity index (χ4n) is 1.52. The minimum Gasteiger partial charge on any atom is -0.484 e. The van der Waals surface area contributed by atoms with Crippen LogP contribution in [0.3, 0.4) is 0 Å². The molecule has 1 aromatic rings. The maximum absolute atomic E-state index is 5.49. The van der Waals surface area contributed by atoms with Crippen molar-refractivity contribution in [2.45, 2.75) is 13.8 Å². The zero-order chi connectivity index (χ0) is 9.42. The minimum absolute atomic E-state index is 0.491. The van der Waals surface area contributed by atoms with Crippen molar-refractivity contribution in [3.8, 4) is 5.75 Å². The molecule has 13 heavy (non-hydrogen) atoms. The predicted octanol–water partition coefficient (Wildman–Crippen LogP) is 2.44. The average molecular weight is 193 g/mol. The van der Waals surface area contributed by atoms with Crippen LogP contribution in [0.5, 0.6) is 5.75 Å². The first-order valence-electron chi connectivity index (χ1n) is 4.21. The monoisotopic (exact) mass is 193 g/mol. The van der Waals surface area contributed by atoms with E-state index in [2.05, 4.69) is 25.2 Å². The lowest BCUT2D eigenvalue weighted by molar-refractivity contribution is 0.374. The number of hydrogen-bond donors (Lipinski definition) is 1. The van der Waals surface area contributed by atoms with E-state index in [-0.39, 0.29) is 0 Å². The summed E-state index contributed by atoms with van der Waals surface area (Å²) in [4.78, 5) is 0.749. The van der Waals surface area contributed by atoms with Crippen LogP contribution in [0.1, 0.15) is 11.1 Å². The van der Waals surface area contributed by atoms with Gasteiger partial charge in [-0.25, -0.2) is 0 Å². The molecule has 68 valence electrons. The molecule has 2 rings (SSSR count). The van der Waals surface area contributed by atoms with Crippen LogP contribution in [-0.2, 0) is 0 Å². The van der Waals surface area contributed by atoms with Gasteiger partial charge in [-0.1, -0.05) is 18.3 Å². The summed E-state index contributed by atoms with van der Waals surface area (Å²) in [6, 6.07) is 4.14. The number of fused-ring (bicyclic) bond motifs is 1. The highest BCUT2D eigenvalue weighted by Gasteiger charge is 2.15. The fraction of sp³-hybridized carbons (Fsp3) is 0.300. The van der Waals surface area contributed by atoms with Gasteiger partial charge in [0.25, 0.3) is 0 Å². The molecule has 1 aliphatic heterocycles. The second kappa shape index (κ2) is 3.00. The number of anilines is 1. The Bertz CT molecular complexity index is 373. The third-order valence-corrected chi connectivity index (χ3v) is 2.29. The van der Waals surface area contributed by atoms with Gasteiger partial charge >= 0.3 is 0 Å². The van der Waals surface area contributed by atoms with E-state index in [1.807, 2.05) is 6.07 Å². The zero-order valence-electron chi connectivity index (χ0n) is 7.68. The molecular formula is C10H11NOS. The van der Waals surface area contributed by atoms with Crippen molar-refractivity contribution in [3.63, 3.8) is 0 Å². The molecule has 3 heteroatoms. The van der Waals surface area contributed by atoms with E-state index in [4.69, 9.17) is 17.0 Å². The predicted molar refractivity (Wildman–Crippen MR) is 57.6 cm³/mol. The van der Waals surface area contributed by atoms with Gasteiger partial charge in [0, 0.05) is 0 Å². The fourth-order valence-corrected chi connectivity index (χ4v) is 1.68. The molecule has 0 atom stereocenters. The number of nitrogens with one attached hydrogen (secondary N) is 1. The molecule has 0 bridgehead atoms. The highest BCUT2D eigenvalue weighted by molar-refractivity contribution is 7.80. The van der Waals surface area contributed by atoms with Crippen LogP contribution in [-0.4, -0.2) is 11.6 Å². The third kappa shape index (κ3) is 1.52. The third-order valence-electron chi connectivity index (χ3n) is 2.07. The van der Waals surface area contributed by atoms with Gasteiger partial charge in [-0.3, -0.25) is 0 Å². The van der Waals surface area contributed by atoms with Crippen molar-refractivity contribution in [1.82, 2.24) is 0 Å². The van der Waals surface area contributed by atoms with Crippen LogP contribution < -0.4 is 10.1 Å². The summed E-state index contributed by atoms with van der Waals surface area (Å²) in [5.41, 5.74) is 3.41. The van der Waals surface area contributed by atoms with E-state index in [9.17, 15) is 0 Å². The van der Waals surface area contributed by atoms with E-state index >= 15 is 0 Å². The second-order valence-electron chi connectivity index (χ2n) is 3.29. The maximum atomic E-state index is 5.49. The Kier molecular flexibility index (Phi) is 1.96. The maximum Gasteiger partial charge on any atom is 0.143 e. The number of rotatable bonds is 0. The summed E-state index contributed by atoms with van der Waals surface area (Å²) in [6.07, 6.45) is 0. The summed E-state index contributed by atoms with van der Waals surface area (Å²) in [5, 5.41) is 3.16. The molecule has 0 saturated carbocycles. The van der Waals surface area contributed by atoms with Gasteiger partial charge in [0.2, 0.25) is 0 Å². The molecule has 0 spiro atoms. The highest BCUT2D eigenvalue weighted by atomic mass is 32.1. The Morgan fingerprint density at radius 2 is 2.15 bits per heavy atom. The molecule has 0 saturated heterocycles. The highest BCUT2D eigenvalue weighted by Crippen LogP contribution is 2.32.